The molecule has 1 aliphatic rings. The van der Waals surface area contributed by atoms with Crippen molar-refractivity contribution in [3.05, 3.63) is 0 Å². The Kier molecular flexibility index (Phi) is 2.94. The van der Waals surface area contributed by atoms with Gasteiger partial charge in [-0.3, -0.25) is 0 Å². The van der Waals surface area contributed by atoms with E-state index < -0.39 is 6.09 Å². The third-order valence-corrected chi connectivity index (χ3v) is 2.21. The number of piperidine rings is 1. The van der Waals surface area contributed by atoms with Gasteiger partial charge in [-0.2, -0.15) is 0 Å². The maximum absolute atomic E-state index is 10.5. The molecule has 3 N–H and O–H groups in total. The molecule has 13 heavy (non-hydrogen) atoms. The van der Waals surface area contributed by atoms with E-state index in [4.69, 9.17) is 10.9 Å². The number of nitrogens with zero attached hydrogens (tertiary/aromatic N) is 2. The number of likely N-dealkylation sites (tertiary alicyclic amines) is 1. The summed E-state index contributed by atoms with van der Waals surface area (Å²) in [5, 5.41) is 21.7. The fourth-order valence-corrected chi connectivity index (χ4v) is 1.47. The second-order valence-electron chi connectivity index (χ2n) is 3.08. The average Bonchev–Trinajstić information content (AvgIpc) is 2.17. The lowest BCUT2D eigenvalue weighted by Gasteiger charge is -2.33. The van der Waals surface area contributed by atoms with Gasteiger partial charge in [-0.1, -0.05) is 5.16 Å². The van der Waals surface area contributed by atoms with E-state index in [0.29, 0.717) is 6.54 Å². The fraction of sp³-hybridized carbons (Fsp3) is 0.714. The van der Waals surface area contributed by atoms with Gasteiger partial charge in [-0.05, 0) is 12.8 Å². The number of nitrogens with two attached hydrogens (primary N) is 1. The molecule has 0 aliphatic carbocycles. The van der Waals surface area contributed by atoms with Gasteiger partial charge in [0.15, 0.2) is 0 Å². The highest BCUT2D eigenvalue weighted by Crippen LogP contribution is 2.15. The van der Waals surface area contributed by atoms with E-state index in [9.17, 15) is 9.90 Å². The number of oxime groups is 1. The summed E-state index contributed by atoms with van der Waals surface area (Å²) < 4.78 is 0. The van der Waals surface area contributed by atoms with Gasteiger partial charge in [0.1, 0.15) is 11.9 Å². The monoisotopic (exact) mass is 186 g/mol. The van der Waals surface area contributed by atoms with E-state index in [0.717, 1.165) is 12.8 Å². The molecule has 1 atom stereocenters. The Morgan fingerprint density at radius 3 is 2.92 bits per heavy atom. The number of amides is 1. The summed E-state index contributed by atoms with van der Waals surface area (Å²) in [5.74, 6) is -0.0948. The van der Waals surface area contributed by atoms with E-state index in [-0.39, 0.29) is 18.3 Å². The smallest absolute Gasteiger partial charge is 0.144 e. The number of hydrogen-bond acceptors (Lipinski definition) is 4. The molecule has 0 aromatic heterocycles. The first-order chi connectivity index (χ1) is 6.15. The lowest BCUT2D eigenvalue weighted by Crippen LogP contribution is -2.49. The Balaban J connectivity index is 2.56. The number of carbonyl (C=O) groups is 1. The topological polar surface area (TPSA) is 102 Å². The highest BCUT2D eigenvalue weighted by Gasteiger charge is 2.22. The van der Waals surface area contributed by atoms with Crippen molar-refractivity contribution in [1.29, 1.82) is 0 Å². The van der Waals surface area contributed by atoms with Crippen LogP contribution in [0.1, 0.15) is 12.8 Å². The quantitative estimate of drug-likeness (QED) is 0.232. The molecule has 0 bridgehead atoms. The van der Waals surface area contributed by atoms with Crippen molar-refractivity contribution >= 4 is 11.9 Å². The van der Waals surface area contributed by atoms with Crippen molar-refractivity contribution in [2.24, 2.45) is 16.8 Å². The minimum Gasteiger partial charge on any atom is -0.530 e. The highest BCUT2D eigenvalue weighted by molar-refractivity contribution is 5.83. The molecule has 1 aliphatic heterocycles. The van der Waals surface area contributed by atoms with Crippen LogP contribution in [0.2, 0.25) is 0 Å². The SMILES string of the molecule is N/C(=N\O)C1CCCN(C(=O)[O-])C1. The van der Waals surface area contributed by atoms with Crippen LogP contribution in [0.5, 0.6) is 0 Å². The van der Waals surface area contributed by atoms with E-state index >= 15 is 0 Å². The largest absolute Gasteiger partial charge is 0.530 e. The summed E-state index contributed by atoms with van der Waals surface area (Å²) in [4.78, 5) is 11.7. The minimum absolute atomic E-state index is 0.0888. The number of carbonyl (C=O) groups excluding carboxylic acids is 1. The van der Waals surface area contributed by atoms with Crippen LogP contribution in [0.4, 0.5) is 4.79 Å². The predicted molar refractivity (Wildman–Crippen MR) is 43.1 cm³/mol. The van der Waals surface area contributed by atoms with Crippen LogP contribution in [-0.2, 0) is 0 Å². The Morgan fingerprint density at radius 1 is 1.69 bits per heavy atom. The summed E-state index contributed by atoms with van der Waals surface area (Å²) in [5.41, 5.74) is 5.37. The van der Waals surface area contributed by atoms with Crippen LogP contribution in [0.15, 0.2) is 5.16 Å². The normalized spacial score (nSPS) is 24.5. The summed E-state index contributed by atoms with van der Waals surface area (Å²) >= 11 is 0. The van der Waals surface area contributed by atoms with Crippen LogP contribution >= 0.6 is 0 Å². The van der Waals surface area contributed by atoms with Crippen LogP contribution in [0, 0.1) is 5.92 Å². The minimum atomic E-state index is -1.20. The zero-order valence-corrected chi connectivity index (χ0v) is 7.14. The first kappa shape index (κ1) is 9.63. The molecule has 1 saturated heterocycles. The third-order valence-electron chi connectivity index (χ3n) is 2.21. The summed E-state index contributed by atoms with van der Waals surface area (Å²) in [6.07, 6.45) is 0.268. The van der Waals surface area contributed by atoms with Crippen molar-refractivity contribution in [1.82, 2.24) is 4.90 Å². The van der Waals surface area contributed by atoms with Gasteiger partial charge >= 0.3 is 0 Å². The van der Waals surface area contributed by atoms with Crippen molar-refractivity contribution in [2.75, 3.05) is 13.1 Å². The molecule has 0 spiro atoms. The number of rotatable bonds is 1. The zero-order chi connectivity index (χ0) is 9.84. The Morgan fingerprint density at radius 2 is 2.38 bits per heavy atom. The standard InChI is InChI=1S/C7H13N3O3/c8-6(9-13)5-2-1-3-10(4-5)7(11)12/h5,13H,1-4H2,(H2,8,9)(H,11,12)/p-1. The molecule has 0 saturated carbocycles. The molecule has 0 aromatic carbocycles. The molecule has 0 aromatic rings. The van der Waals surface area contributed by atoms with Crippen LogP contribution in [-0.4, -0.2) is 35.1 Å². The summed E-state index contributed by atoms with van der Waals surface area (Å²) in [7, 11) is 0. The first-order valence-corrected chi connectivity index (χ1v) is 4.08. The predicted octanol–water partition coefficient (Wildman–Crippen LogP) is -1.21. The average molecular weight is 186 g/mol. The van der Waals surface area contributed by atoms with Crippen molar-refractivity contribution in [3.63, 3.8) is 0 Å². The fourth-order valence-electron chi connectivity index (χ4n) is 1.47. The molecule has 6 heteroatoms. The number of amidine groups is 1. The Bertz CT molecular complexity index is 229. The molecule has 74 valence electrons. The highest BCUT2D eigenvalue weighted by atomic mass is 16.4. The number of hydrogen-bond donors (Lipinski definition) is 2. The van der Waals surface area contributed by atoms with Gasteiger partial charge in [0.05, 0.1) is 0 Å². The molecule has 0 radical (unpaired) electrons. The molecule has 6 nitrogen and oxygen atoms in total. The summed E-state index contributed by atoms with van der Waals surface area (Å²) in [6.45, 7) is 0.732. The molecule has 1 heterocycles. The lowest BCUT2D eigenvalue weighted by molar-refractivity contribution is -0.266. The van der Waals surface area contributed by atoms with E-state index in [1.165, 1.54) is 4.90 Å². The summed E-state index contributed by atoms with van der Waals surface area (Å²) in [6, 6.07) is 0. The molecule has 1 unspecified atom stereocenters. The van der Waals surface area contributed by atoms with Crippen LogP contribution in [0.3, 0.4) is 0 Å². The Labute approximate surface area is 75.6 Å². The zero-order valence-electron chi connectivity index (χ0n) is 7.14. The molecular weight excluding hydrogens is 174 g/mol. The maximum atomic E-state index is 10.5. The molecule has 1 fully saturated rings. The van der Waals surface area contributed by atoms with Crippen LogP contribution < -0.4 is 10.8 Å². The Hall–Kier alpha value is -1.46. The van der Waals surface area contributed by atoms with Crippen molar-refractivity contribution < 1.29 is 15.1 Å². The van der Waals surface area contributed by atoms with Gasteiger partial charge in [0.25, 0.3) is 0 Å². The maximum Gasteiger partial charge on any atom is 0.144 e. The van der Waals surface area contributed by atoms with E-state index in [1.807, 2.05) is 0 Å². The van der Waals surface area contributed by atoms with Gasteiger partial charge in [0.2, 0.25) is 0 Å². The second kappa shape index (κ2) is 3.97. The first-order valence-electron chi connectivity index (χ1n) is 4.08. The van der Waals surface area contributed by atoms with E-state index in [2.05, 4.69) is 5.16 Å². The van der Waals surface area contributed by atoms with E-state index in [1.54, 1.807) is 0 Å². The van der Waals surface area contributed by atoms with Gasteiger partial charge in [-0.15, -0.1) is 0 Å². The molecular formula is C7H12N3O3-. The molecule has 1 amide bonds. The van der Waals surface area contributed by atoms with Gasteiger partial charge in [-0.25, -0.2) is 0 Å². The molecule has 1 rings (SSSR count). The van der Waals surface area contributed by atoms with Gasteiger partial charge in [0, 0.05) is 19.0 Å². The number of carboxylic acid groups (broad SMARTS) is 1. The van der Waals surface area contributed by atoms with Crippen molar-refractivity contribution in [3.8, 4) is 0 Å². The van der Waals surface area contributed by atoms with Crippen molar-refractivity contribution in [2.45, 2.75) is 12.8 Å². The second-order valence-corrected chi connectivity index (χ2v) is 3.08. The lowest BCUT2D eigenvalue weighted by atomic mass is 9.97. The van der Waals surface area contributed by atoms with Gasteiger partial charge < -0.3 is 25.7 Å². The third kappa shape index (κ3) is 2.24. The van der Waals surface area contributed by atoms with Crippen LogP contribution in [0.25, 0.3) is 0 Å².